The van der Waals surface area contributed by atoms with Crippen LogP contribution in [0.3, 0.4) is 0 Å². The highest BCUT2D eigenvalue weighted by Crippen LogP contribution is 2.12. The van der Waals surface area contributed by atoms with Crippen LogP contribution in [0.1, 0.15) is 19.3 Å². The monoisotopic (exact) mass is 186 g/mol. The molecule has 0 radical (unpaired) electrons. The Morgan fingerprint density at radius 2 is 1.92 bits per heavy atom. The molecule has 1 heterocycles. The number of hydrogen-bond acceptors (Lipinski definition) is 4. The third-order valence-corrected chi connectivity index (χ3v) is 2.05. The van der Waals surface area contributed by atoms with Gasteiger partial charge in [-0.15, -0.1) is 0 Å². The van der Waals surface area contributed by atoms with Crippen molar-refractivity contribution in [3.63, 3.8) is 0 Å². The Morgan fingerprint density at radius 1 is 1.38 bits per heavy atom. The first-order chi connectivity index (χ1) is 6.15. The topological polar surface area (TPSA) is 83.6 Å². The summed E-state index contributed by atoms with van der Waals surface area (Å²) in [5.41, 5.74) is 5.18. The van der Waals surface area contributed by atoms with Gasteiger partial charge in [-0.1, -0.05) is 0 Å². The van der Waals surface area contributed by atoms with Crippen molar-refractivity contribution >= 4 is 11.8 Å². The molecule has 0 aromatic rings. The lowest BCUT2D eigenvalue weighted by Crippen LogP contribution is -2.45. The second kappa shape index (κ2) is 4.34. The molecule has 1 aliphatic heterocycles. The van der Waals surface area contributed by atoms with E-state index in [2.05, 4.69) is 0 Å². The fourth-order valence-corrected chi connectivity index (χ4v) is 1.29. The molecular weight excluding hydrogens is 172 g/mol. The van der Waals surface area contributed by atoms with Crippen LogP contribution < -0.4 is 5.73 Å². The first-order valence-corrected chi connectivity index (χ1v) is 4.36. The van der Waals surface area contributed by atoms with E-state index in [0.29, 0.717) is 19.3 Å². The number of aliphatic hydroxyl groups excluding tert-OH is 1. The number of rotatable bonds is 3. The second-order valence-corrected chi connectivity index (χ2v) is 3.14. The number of β-amino-alcohol motifs (C(OH)–C–C–N with tert-alkyl or cyclic N) is 1. The molecule has 0 saturated carbocycles. The summed E-state index contributed by atoms with van der Waals surface area (Å²) < 4.78 is 0. The number of likely N-dealkylation sites (tertiary alicyclic amines) is 1. The van der Waals surface area contributed by atoms with Gasteiger partial charge in [-0.2, -0.15) is 0 Å². The van der Waals surface area contributed by atoms with E-state index in [1.54, 1.807) is 0 Å². The van der Waals surface area contributed by atoms with Gasteiger partial charge in [0.05, 0.1) is 12.6 Å². The van der Waals surface area contributed by atoms with Crippen molar-refractivity contribution in [3.05, 3.63) is 0 Å². The number of hydrogen-bond donors (Lipinski definition) is 2. The third kappa shape index (κ3) is 2.50. The second-order valence-electron chi connectivity index (χ2n) is 3.14. The molecule has 1 atom stereocenters. The molecule has 5 heteroatoms. The molecule has 74 valence electrons. The Morgan fingerprint density at radius 3 is 2.38 bits per heavy atom. The first-order valence-electron chi connectivity index (χ1n) is 4.36. The average molecular weight is 186 g/mol. The molecule has 0 aromatic carbocycles. The summed E-state index contributed by atoms with van der Waals surface area (Å²) in [5.74, 6) is -0.410. The Bertz CT molecular complexity index is 201. The molecule has 1 saturated heterocycles. The van der Waals surface area contributed by atoms with E-state index in [-0.39, 0.29) is 24.9 Å². The Hall–Kier alpha value is -0.940. The molecule has 0 aliphatic carbocycles. The maximum Gasteiger partial charge on any atom is 0.229 e. The summed E-state index contributed by atoms with van der Waals surface area (Å²) in [5, 5.41) is 9.17. The maximum absolute atomic E-state index is 11.2. The number of carbonyl (C=O) groups is 2. The number of piperidine rings is 1. The number of amides is 2. The van der Waals surface area contributed by atoms with Crippen LogP contribution in [0.4, 0.5) is 0 Å². The largest absolute Gasteiger partial charge is 0.390 e. The van der Waals surface area contributed by atoms with E-state index in [1.807, 2.05) is 0 Å². The van der Waals surface area contributed by atoms with Gasteiger partial charge in [-0.05, 0) is 6.42 Å². The van der Waals surface area contributed by atoms with Gasteiger partial charge in [0.15, 0.2) is 0 Å². The molecule has 1 fully saturated rings. The summed E-state index contributed by atoms with van der Waals surface area (Å²) in [6.45, 7) is 0.102. The van der Waals surface area contributed by atoms with Crippen LogP contribution in [0, 0.1) is 0 Å². The summed E-state index contributed by atoms with van der Waals surface area (Å²) in [4.78, 5) is 23.5. The van der Waals surface area contributed by atoms with Gasteiger partial charge in [0.1, 0.15) is 0 Å². The Balaban J connectivity index is 2.54. The zero-order valence-corrected chi connectivity index (χ0v) is 7.40. The number of nitrogens with two attached hydrogens (primary N) is 1. The van der Waals surface area contributed by atoms with Crippen LogP contribution in [0.5, 0.6) is 0 Å². The predicted octanol–water partition coefficient (Wildman–Crippen LogP) is -1.15. The lowest BCUT2D eigenvalue weighted by Gasteiger charge is -2.26. The fourth-order valence-electron chi connectivity index (χ4n) is 1.29. The zero-order chi connectivity index (χ0) is 9.84. The molecule has 1 aliphatic rings. The highest BCUT2D eigenvalue weighted by Gasteiger charge is 2.26. The van der Waals surface area contributed by atoms with E-state index >= 15 is 0 Å². The summed E-state index contributed by atoms with van der Waals surface area (Å²) >= 11 is 0. The van der Waals surface area contributed by atoms with Crippen LogP contribution in [-0.2, 0) is 9.59 Å². The molecule has 2 amide bonds. The Kier molecular flexibility index (Phi) is 3.39. The number of imide groups is 1. The molecule has 3 N–H and O–H groups in total. The van der Waals surface area contributed by atoms with Crippen LogP contribution in [0.2, 0.25) is 0 Å². The van der Waals surface area contributed by atoms with E-state index in [0.717, 1.165) is 4.90 Å². The highest BCUT2D eigenvalue weighted by atomic mass is 16.3. The number of aliphatic hydroxyl groups is 1. The van der Waals surface area contributed by atoms with Crippen molar-refractivity contribution in [1.82, 2.24) is 4.90 Å². The average Bonchev–Trinajstić information content (AvgIpc) is 2.11. The molecule has 1 unspecified atom stereocenters. The smallest absolute Gasteiger partial charge is 0.229 e. The van der Waals surface area contributed by atoms with Gasteiger partial charge in [0.2, 0.25) is 11.8 Å². The quantitative estimate of drug-likeness (QED) is 0.545. The lowest BCUT2D eigenvalue weighted by molar-refractivity contribution is -0.149. The van der Waals surface area contributed by atoms with E-state index in [4.69, 9.17) is 5.73 Å². The van der Waals surface area contributed by atoms with Crippen molar-refractivity contribution in [3.8, 4) is 0 Å². The van der Waals surface area contributed by atoms with Gasteiger partial charge in [0.25, 0.3) is 0 Å². The van der Waals surface area contributed by atoms with Crippen molar-refractivity contribution in [2.24, 2.45) is 5.73 Å². The number of nitrogens with zero attached hydrogens (tertiary/aromatic N) is 1. The zero-order valence-electron chi connectivity index (χ0n) is 7.40. The minimum absolute atomic E-state index is 0.0359. The molecule has 5 nitrogen and oxygen atoms in total. The fraction of sp³-hybridized carbons (Fsp3) is 0.750. The van der Waals surface area contributed by atoms with E-state index in [1.165, 1.54) is 0 Å². The van der Waals surface area contributed by atoms with Crippen molar-refractivity contribution < 1.29 is 14.7 Å². The molecule has 13 heavy (non-hydrogen) atoms. The SMILES string of the molecule is NCC(O)CN1C(=O)CCCC1=O. The standard InChI is InChI=1S/C8H14N2O3/c9-4-6(11)5-10-7(12)2-1-3-8(10)13/h6,11H,1-5,9H2. The van der Waals surface area contributed by atoms with Crippen LogP contribution in [-0.4, -0.2) is 41.0 Å². The van der Waals surface area contributed by atoms with Crippen LogP contribution >= 0.6 is 0 Å². The van der Waals surface area contributed by atoms with Crippen LogP contribution in [0.25, 0.3) is 0 Å². The molecule has 0 bridgehead atoms. The van der Waals surface area contributed by atoms with Crippen molar-refractivity contribution in [1.29, 1.82) is 0 Å². The summed E-state index contributed by atoms with van der Waals surface area (Å²) in [7, 11) is 0. The number of carbonyl (C=O) groups excluding carboxylic acids is 2. The molecule has 0 aromatic heterocycles. The van der Waals surface area contributed by atoms with Gasteiger partial charge >= 0.3 is 0 Å². The van der Waals surface area contributed by atoms with Gasteiger partial charge in [-0.3, -0.25) is 14.5 Å². The predicted molar refractivity (Wildman–Crippen MR) is 45.6 cm³/mol. The summed E-state index contributed by atoms with van der Waals surface area (Å²) in [6, 6.07) is 0. The van der Waals surface area contributed by atoms with E-state index < -0.39 is 6.10 Å². The van der Waals surface area contributed by atoms with Gasteiger partial charge < -0.3 is 10.8 Å². The van der Waals surface area contributed by atoms with E-state index in [9.17, 15) is 14.7 Å². The molecule has 0 spiro atoms. The first kappa shape index (κ1) is 10.1. The van der Waals surface area contributed by atoms with Crippen molar-refractivity contribution in [2.75, 3.05) is 13.1 Å². The lowest BCUT2D eigenvalue weighted by atomic mass is 10.1. The van der Waals surface area contributed by atoms with Crippen LogP contribution in [0.15, 0.2) is 0 Å². The maximum atomic E-state index is 11.2. The molecular formula is C8H14N2O3. The highest BCUT2D eigenvalue weighted by molar-refractivity contribution is 5.97. The van der Waals surface area contributed by atoms with Gasteiger partial charge in [-0.25, -0.2) is 0 Å². The van der Waals surface area contributed by atoms with Gasteiger partial charge in [0, 0.05) is 19.4 Å². The third-order valence-electron chi connectivity index (χ3n) is 2.05. The summed E-state index contributed by atoms with van der Waals surface area (Å²) in [6.07, 6.45) is 0.602. The molecule has 1 rings (SSSR count). The Labute approximate surface area is 76.5 Å². The normalized spacial score (nSPS) is 20.6. The minimum atomic E-state index is -0.800. The minimum Gasteiger partial charge on any atom is -0.390 e. The van der Waals surface area contributed by atoms with Crippen molar-refractivity contribution in [2.45, 2.75) is 25.4 Å².